The van der Waals surface area contributed by atoms with Crippen molar-refractivity contribution in [1.82, 2.24) is 29.8 Å². The van der Waals surface area contributed by atoms with Gasteiger partial charge in [-0.15, -0.1) is 0 Å². The molecule has 0 saturated carbocycles. The van der Waals surface area contributed by atoms with Gasteiger partial charge in [0.25, 0.3) is 5.91 Å². The Morgan fingerprint density at radius 3 is 2.05 bits per heavy atom. The molecule has 3 saturated heterocycles. The van der Waals surface area contributed by atoms with Crippen LogP contribution in [0.15, 0.2) is 146 Å². The molecular weight excluding hydrogens is 1290 g/mol. The highest BCUT2D eigenvalue weighted by atomic mass is 19.4. The molecule has 530 valence electrons. The van der Waals surface area contributed by atoms with Crippen LogP contribution in [-0.2, 0) is 60.1 Å². The van der Waals surface area contributed by atoms with Crippen LogP contribution in [0, 0.1) is 5.82 Å². The van der Waals surface area contributed by atoms with Crippen molar-refractivity contribution >= 4 is 41.3 Å². The van der Waals surface area contributed by atoms with Gasteiger partial charge in [0.15, 0.2) is 0 Å². The lowest BCUT2D eigenvalue weighted by atomic mass is 9.72. The van der Waals surface area contributed by atoms with Gasteiger partial charge < -0.3 is 49.1 Å². The van der Waals surface area contributed by atoms with Crippen LogP contribution in [0.25, 0.3) is 11.1 Å². The summed E-state index contributed by atoms with van der Waals surface area (Å²) in [4.78, 5) is 76.1. The molecule has 3 N–H and O–H groups in total. The number of nitrogens with zero attached hydrogens (tertiary/aromatic N) is 6. The van der Waals surface area contributed by atoms with Crippen molar-refractivity contribution < 1.29 is 74.0 Å². The third-order valence-electron chi connectivity index (χ3n) is 19.9. The first-order chi connectivity index (χ1) is 47.5. The number of amides is 5. The fourth-order valence-electron chi connectivity index (χ4n) is 14.1. The van der Waals surface area contributed by atoms with E-state index in [9.17, 15) is 59.8 Å². The van der Waals surface area contributed by atoms with Crippen LogP contribution in [0.2, 0.25) is 0 Å². The minimum absolute atomic E-state index is 0.0305. The molecule has 5 amide bonds. The van der Waals surface area contributed by atoms with E-state index in [4.69, 9.17) is 14.2 Å². The van der Waals surface area contributed by atoms with E-state index in [-0.39, 0.29) is 56.2 Å². The van der Waals surface area contributed by atoms with Gasteiger partial charge in [-0.25, -0.2) is 14.0 Å². The summed E-state index contributed by atoms with van der Waals surface area (Å²) in [5.41, 5.74) is 1.30. The zero-order valence-corrected chi connectivity index (χ0v) is 55.9. The number of piperidine rings is 2. The molecule has 1 spiro atoms. The third kappa shape index (κ3) is 18.9. The van der Waals surface area contributed by atoms with Gasteiger partial charge in [-0.1, -0.05) is 103 Å². The number of rotatable bonds is 28. The van der Waals surface area contributed by atoms with Crippen molar-refractivity contribution in [3.8, 4) is 11.1 Å². The molecule has 6 aromatic rings. The molecular formula is C75H87F7N8O9. The van der Waals surface area contributed by atoms with E-state index < -0.39 is 70.7 Å². The highest BCUT2D eigenvalue weighted by molar-refractivity contribution is 5.95. The molecule has 99 heavy (non-hydrogen) atoms. The first-order valence-corrected chi connectivity index (χ1v) is 34.0. The van der Waals surface area contributed by atoms with Crippen LogP contribution in [0.3, 0.4) is 0 Å². The normalized spacial score (nSPS) is 18.1. The number of ether oxygens (including phenoxy) is 3. The summed E-state index contributed by atoms with van der Waals surface area (Å²) < 4.78 is 115. The summed E-state index contributed by atoms with van der Waals surface area (Å²) in [6.07, 6.45) is -4.31. The molecule has 2 atom stereocenters. The van der Waals surface area contributed by atoms with E-state index in [0.717, 1.165) is 78.2 Å². The summed E-state index contributed by atoms with van der Waals surface area (Å²) in [6.45, 7) is 5.70. The predicted molar refractivity (Wildman–Crippen MR) is 361 cm³/mol. The number of benzene rings is 6. The van der Waals surface area contributed by atoms with Crippen molar-refractivity contribution in [2.75, 3.05) is 110 Å². The minimum atomic E-state index is -5.15. The first-order valence-electron chi connectivity index (χ1n) is 34.0. The van der Waals surface area contributed by atoms with Gasteiger partial charge in [0.2, 0.25) is 11.8 Å². The highest BCUT2D eigenvalue weighted by Gasteiger charge is 2.50. The van der Waals surface area contributed by atoms with Gasteiger partial charge in [-0.2, -0.15) is 26.3 Å². The average molecular weight is 1380 g/mol. The lowest BCUT2D eigenvalue weighted by molar-refractivity contribution is -0.143. The Labute approximate surface area is 573 Å². The van der Waals surface area contributed by atoms with Gasteiger partial charge in [0.05, 0.1) is 36.1 Å². The lowest BCUT2D eigenvalue weighted by Gasteiger charge is -2.44. The van der Waals surface area contributed by atoms with E-state index in [2.05, 4.69) is 32.6 Å². The van der Waals surface area contributed by atoms with Crippen molar-refractivity contribution in [2.24, 2.45) is 0 Å². The number of para-hydroxylation sites is 1. The van der Waals surface area contributed by atoms with E-state index in [1.807, 2.05) is 98.0 Å². The molecule has 0 unspecified atom stereocenters. The summed E-state index contributed by atoms with van der Waals surface area (Å²) in [7, 11) is 3.56. The molecule has 17 nitrogen and oxygen atoms in total. The number of carbonyl (C=O) groups excluding carboxylic acids is 4. The monoisotopic (exact) mass is 1380 g/mol. The second-order valence-corrected chi connectivity index (χ2v) is 26.4. The number of halogens is 7. The second-order valence-electron chi connectivity index (χ2n) is 26.4. The van der Waals surface area contributed by atoms with Crippen LogP contribution in [-0.4, -0.2) is 171 Å². The van der Waals surface area contributed by atoms with E-state index in [1.165, 1.54) is 29.2 Å². The van der Waals surface area contributed by atoms with Crippen LogP contribution < -0.4 is 15.5 Å². The van der Waals surface area contributed by atoms with E-state index in [1.54, 1.807) is 16.8 Å². The van der Waals surface area contributed by atoms with E-state index >= 15 is 0 Å². The van der Waals surface area contributed by atoms with Crippen LogP contribution in [0.5, 0.6) is 0 Å². The fourth-order valence-corrected chi connectivity index (χ4v) is 14.1. The topological polar surface area (TPSA) is 177 Å². The number of carboxylic acid groups (broad SMARTS) is 1. The molecule has 6 aromatic carbocycles. The number of hydrogen-bond donors (Lipinski definition) is 3. The number of hydrogen-bond acceptors (Lipinski definition) is 11. The second kappa shape index (κ2) is 33.2. The van der Waals surface area contributed by atoms with E-state index in [0.29, 0.717) is 120 Å². The number of nitrogens with one attached hydrogen (secondary N) is 2. The number of unbranched alkanes of at least 4 members (excludes halogenated alkanes) is 3. The Hall–Kier alpha value is -8.42. The van der Waals surface area contributed by atoms with Crippen molar-refractivity contribution in [2.45, 2.75) is 119 Å². The van der Waals surface area contributed by atoms with Gasteiger partial charge in [-0.3, -0.25) is 24.6 Å². The Bertz CT molecular complexity index is 3670. The lowest BCUT2D eigenvalue weighted by Crippen LogP contribution is -2.50. The standard InChI is InChI=1S/C75H87F7N8O9/c1-85(36-13-14-44-97-70(94)84-61-28-22-53(23-29-61)49-83-35-12-4-7-21-67(91)86(2)42-43-87-37-30-62(31-38-87)90(71(95)96)65-20-11-9-18-63(65)54-15-5-3-6-16-54)68(92)50-98-66-47-55-17-8-10-19-64(55)72(66)32-39-88(40-33-72)41-34-73(57-24-26-60(76)27-25-57)51-89(52-99-73)69(93)56-45-58(74(77,78)79)48-59(46-56)75(80,81)82/h3,5-6,8-11,15-20,22-29,45-46,48,62,66,83H,4,7,12-14,21,30-44,47,49-52H2,1-2H3,(H,84,94)(H,95,96)/t66-,73-/m0/s1. The van der Waals surface area contributed by atoms with Crippen LogP contribution in [0.1, 0.15) is 114 Å². The quantitative estimate of drug-likeness (QED) is 0.0313. The summed E-state index contributed by atoms with van der Waals surface area (Å²) in [5.74, 6) is -1.68. The average Bonchev–Trinajstić information content (AvgIpc) is 1.61. The molecule has 24 heteroatoms. The van der Waals surface area contributed by atoms with Crippen molar-refractivity contribution in [3.05, 3.63) is 190 Å². The number of anilines is 2. The molecule has 10 rings (SSSR count). The molecule has 0 bridgehead atoms. The first kappa shape index (κ1) is 73.3. The number of carbonyl (C=O) groups is 5. The van der Waals surface area contributed by atoms with Crippen molar-refractivity contribution in [1.29, 1.82) is 0 Å². The molecule has 3 aliphatic heterocycles. The SMILES string of the molecule is CN(CCN1CCC(N(C(=O)O)c2ccccc2-c2ccccc2)CC1)C(=O)CCCCCNCc1ccc(NC(=O)OCCCCN(C)C(=O)CO[C@H]2Cc3ccccc3C23CCN(CC[C@@]2(c4ccc(F)cc4)CN(C(=O)c4cc(C(F)(F)F)cc(C(F)(F)F)c4)CO2)CC3)cc1. The summed E-state index contributed by atoms with van der Waals surface area (Å²) in [5, 5.41) is 16.6. The molecule has 3 fully saturated rings. The van der Waals surface area contributed by atoms with Crippen LogP contribution >= 0.6 is 0 Å². The van der Waals surface area contributed by atoms with Crippen LogP contribution in [0.4, 0.5) is 51.7 Å². The Kier molecular flexibility index (Phi) is 24.6. The van der Waals surface area contributed by atoms with Gasteiger partial charge >= 0.3 is 24.5 Å². The number of likely N-dealkylation sites (N-methyl/N-ethyl adjacent to an activating group) is 2. The molecule has 1 aliphatic carbocycles. The highest BCUT2D eigenvalue weighted by Crippen LogP contribution is 2.49. The minimum Gasteiger partial charge on any atom is -0.465 e. The molecule has 0 aromatic heterocycles. The Balaban J connectivity index is 0.583. The summed E-state index contributed by atoms with van der Waals surface area (Å²) >= 11 is 0. The zero-order chi connectivity index (χ0) is 70.3. The Morgan fingerprint density at radius 1 is 0.697 bits per heavy atom. The predicted octanol–water partition coefficient (Wildman–Crippen LogP) is 13.5. The van der Waals surface area contributed by atoms with Gasteiger partial charge in [-0.05, 0) is 160 Å². The number of fused-ring (bicyclic) bond motifs is 2. The van der Waals surface area contributed by atoms with Crippen molar-refractivity contribution in [3.63, 3.8) is 0 Å². The molecule has 4 aliphatic rings. The number of alkyl halides is 6. The van der Waals surface area contributed by atoms with Gasteiger partial charge in [0.1, 0.15) is 24.8 Å². The maximum Gasteiger partial charge on any atom is 0.416 e. The maximum atomic E-state index is 14.2. The molecule has 3 heterocycles. The Morgan fingerprint density at radius 2 is 1.35 bits per heavy atom. The smallest absolute Gasteiger partial charge is 0.416 e. The summed E-state index contributed by atoms with van der Waals surface area (Å²) in [6, 6.07) is 39.2. The maximum absolute atomic E-state index is 14.2. The largest absolute Gasteiger partial charge is 0.465 e. The fraction of sp³-hybridized carbons (Fsp3) is 0.453. The van der Waals surface area contributed by atoms with Gasteiger partial charge in [0, 0.05) is 94.6 Å². The number of likely N-dealkylation sites (tertiary alicyclic amines) is 2. The zero-order valence-electron chi connectivity index (χ0n) is 55.9. The third-order valence-corrected chi connectivity index (χ3v) is 19.9. The molecule has 0 radical (unpaired) electrons.